The standard InChI is InChI=1S/C16H21ClN2O2/c1-19-7-8-21-14(11-19)10-18-15(20)16(5-6-16)12-3-2-4-13(17)9-12/h2-4,9,14H,5-8,10-11H2,1H3,(H,18,20). The molecule has 5 heteroatoms. The highest BCUT2D eigenvalue weighted by Crippen LogP contribution is 2.48. The van der Waals surface area contributed by atoms with Crippen LogP contribution in [0.1, 0.15) is 18.4 Å². The van der Waals surface area contributed by atoms with E-state index >= 15 is 0 Å². The monoisotopic (exact) mass is 308 g/mol. The highest BCUT2D eigenvalue weighted by atomic mass is 35.5. The predicted octanol–water partition coefficient (Wildman–Crippen LogP) is 1.82. The number of benzene rings is 1. The van der Waals surface area contributed by atoms with Crippen LogP contribution in [0, 0.1) is 0 Å². The number of carbonyl (C=O) groups is 1. The van der Waals surface area contributed by atoms with Gasteiger partial charge in [0.15, 0.2) is 0 Å². The van der Waals surface area contributed by atoms with Crippen molar-refractivity contribution in [3.8, 4) is 0 Å². The minimum absolute atomic E-state index is 0.0860. The predicted molar refractivity (Wildman–Crippen MR) is 82.6 cm³/mol. The Kier molecular flexibility index (Phi) is 4.20. The molecule has 21 heavy (non-hydrogen) atoms. The fourth-order valence-corrected chi connectivity index (χ4v) is 3.11. The van der Waals surface area contributed by atoms with E-state index in [1.807, 2.05) is 24.3 Å². The van der Waals surface area contributed by atoms with Gasteiger partial charge in [0.05, 0.1) is 18.1 Å². The minimum atomic E-state index is -0.370. The van der Waals surface area contributed by atoms with Gasteiger partial charge in [0.25, 0.3) is 0 Å². The van der Waals surface area contributed by atoms with Crippen molar-refractivity contribution in [2.75, 3.05) is 33.3 Å². The number of amides is 1. The molecule has 1 heterocycles. The van der Waals surface area contributed by atoms with Crippen LogP contribution in [0.3, 0.4) is 0 Å². The summed E-state index contributed by atoms with van der Waals surface area (Å²) in [5, 5.41) is 3.74. The molecule has 3 rings (SSSR count). The van der Waals surface area contributed by atoms with Crippen molar-refractivity contribution in [2.24, 2.45) is 0 Å². The maximum Gasteiger partial charge on any atom is 0.230 e. The fourth-order valence-electron chi connectivity index (χ4n) is 2.92. The zero-order valence-electron chi connectivity index (χ0n) is 12.3. The second kappa shape index (κ2) is 5.95. The van der Waals surface area contributed by atoms with Gasteiger partial charge < -0.3 is 15.0 Å². The summed E-state index contributed by atoms with van der Waals surface area (Å²) >= 11 is 6.04. The molecule has 1 amide bonds. The van der Waals surface area contributed by atoms with E-state index in [0.717, 1.165) is 38.1 Å². The summed E-state index contributed by atoms with van der Waals surface area (Å²) in [4.78, 5) is 14.8. The Balaban J connectivity index is 1.60. The lowest BCUT2D eigenvalue weighted by molar-refractivity contribution is -0.124. The molecule has 0 aromatic heterocycles. The van der Waals surface area contributed by atoms with E-state index in [1.165, 1.54) is 0 Å². The largest absolute Gasteiger partial charge is 0.374 e. The van der Waals surface area contributed by atoms with E-state index in [-0.39, 0.29) is 17.4 Å². The molecule has 4 nitrogen and oxygen atoms in total. The summed E-state index contributed by atoms with van der Waals surface area (Å²) in [7, 11) is 2.08. The van der Waals surface area contributed by atoms with Gasteiger partial charge in [0, 0.05) is 24.7 Å². The van der Waals surface area contributed by atoms with E-state index < -0.39 is 0 Å². The third-order valence-electron chi connectivity index (χ3n) is 4.39. The van der Waals surface area contributed by atoms with Crippen LogP contribution < -0.4 is 5.32 Å². The van der Waals surface area contributed by atoms with Gasteiger partial charge in [-0.25, -0.2) is 0 Å². The lowest BCUT2D eigenvalue weighted by Gasteiger charge is -2.30. The average Bonchev–Trinajstić information content (AvgIpc) is 3.26. The number of hydrogen-bond donors (Lipinski definition) is 1. The number of halogens is 1. The third-order valence-corrected chi connectivity index (χ3v) is 4.63. The molecule has 1 aliphatic carbocycles. The molecule has 1 atom stereocenters. The Morgan fingerprint density at radius 3 is 3.00 bits per heavy atom. The second-order valence-corrected chi connectivity index (χ2v) is 6.49. The number of morpholine rings is 1. The number of rotatable bonds is 4. The molecule has 2 fully saturated rings. The van der Waals surface area contributed by atoms with Gasteiger partial charge in [0.2, 0.25) is 5.91 Å². The minimum Gasteiger partial charge on any atom is -0.374 e. The summed E-state index contributed by atoms with van der Waals surface area (Å²) in [6.45, 7) is 3.13. The fraction of sp³-hybridized carbons (Fsp3) is 0.562. The molecule has 1 saturated carbocycles. The summed E-state index contributed by atoms with van der Waals surface area (Å²) in [5.74, 6) is 0.0987. The Labute approximate surface area is 130 Å². The van der Waals surface area contributed by atoms with E-state index in [2.05, 4.69) is 17.3 Å². The van der Waals surface area contributed by atoms with Crippen molar-refractivity contribution in [3.05, 3.63) is 34.9 Å². The SMILES string of the molecule is CN1CCOC(CNC(=O)C2(c3cccc(Cl)c3)CC2)C1. The van der Waals surface area contributed by atoms with Crippen LogP contribution >= 0.6 is 11.6 Å². The molecule has 1 aromatic rings. The van der Waals surface area contributed by atoms with Crippen molar-refractivity contribution in [1.29, 1.82) is 0 Å². The van der Waals surface area contributed by atoms with E-state index in [1.54, 1.807) is 0 Å². The van der Waals surface area contributed by atoms with Crippen LogP contribution in [0.25, 0.3) is 0 Å². The summed E-state index contributed by atoms with van der Waals surface area (Å²) < 4.78 is 5.68. The molecule has 0 bridgehead atoms. The van der Waals surface area contributed by atoms with E-state index in [9.17, 15) is 4.79 Å². The molecule has 1 aliphatic heterocycles. The zero-order chi connectivity index (χ0) is 14.9. The number of hydrogen-bond acceptors (Lipinski definition) is 3. The summed E-state index contributed by atoms with van der Waals surface area (Å²) in [5.41, 5.74) is 0.653. The Morgan fingerprint density at radius 2 is 2.33 bits per heavy atom. The highest BCUT2D eigenvalue weighted by Gasteiger charge is 2.51. The maximum atomic E-state index is 12.5. The molecule has 1 N–H and O–H groups in total. The van der Waals surface area contributed by atoms with Crippen LogP contribution in [-0.2, 0) is 14.9 Å². The lowest BCUT2D eigenvalue weighted by atomic mass is 9.95. The number of nitrogens with one attached hydrogen (secondary N) is 1. The van der Waals surface area contributed by atoms with Gasteiger partial charge in [-0.05, 0) is 37.6 Å². The van der Waals surface area contributed by atoms with Crippen LogP contribution in [0.15, 0.2) is 24.3 Å². The van der Waals surface area contributed by atoms with Gasteiger partial charge >= 0.3 is 0 Å². The maximum absolute atomic E-state index is 12.5. The topological polar surface area (TPSA) is 41.6 Å². The molecular formula is C16H21ClN2O2. The number of likely N-dealkylation sites (N-methyl/N-ethyl adjacent to an activating group) is 1. The van der Waals surface area contributed by atoms with Crippen molar-refractivity contribution in [2.45, 2.75) is 24.4 Å². The first-order valence-electron chi connectivity index (χ1n) is 7.45. The van der Waals surface area contributed by atoms with Gasteiger partial charge in [0.1, 0.15) is 0 Å². The van der Waals surface area contributed by atoms with Crippen molar-refractivity contribution < 1.29 is 9.53 Å². The van der Waals surface area contributed by atoms with Gasteiger partial charge in [-0.2, -0.15) is 0 Å². The summed E-state index contributed by atoms with van der Waals surface area (Å²) in [6.07, 6.45) is 1.87. The van der Waals surface area contributed by atoms with E-state index in [4.69, 9.17) is 16.3 Å². The van der Waals surface area contributed by atoms with Gasteiger partial charge in [-0.1, -0.05) is 23.7 Å². The first-order chi connectivity index (χ1) is 10.1. The van der Waals surface area contributed by atoms with Crippen LogP contribution in [0.2, 0.25) is 5.02 Å². The van der Waals surface area contributed by atoms with Crippen molar-refractivity contribution in [3.63, 3.8) is 0 Å². The zero-order valence-corrected chi connectivity index (χ0v) is 13.0. The van der Waals surface area contributed by atoms with Crippen molar-refractivity contribution >= 4 is 17.5 Å². The smallest absolute Gasteiger partial charge is 0.230 e. The summed E-state index contributed by atoms with van der Waals surface area (Å²) in [6, 6.07) is 7.64. The molecule has 1 unspecified atom stereocenters. The third kappa shape index (κ3) is 3.23. The van der Waals surface area contributed by atoms with Crippen molar-refractivity contribution in [1.82, 2.24) is 10.2 Å². The number of carbonyl (C=O) groups excluding carboxylic acids is 1. The first-order valence-corrected chi connectivity index (χ1v) is 7.82. The lowest BCUT2D eigenvalue weighted by Crippen LogP contribution is -2.47. The van der Waals surface area contributed by atoms with Gasteiger partial charge in [-0.3, -0.25) is 4.79 Å². The van der Waals surface area contributed by atoms with E-state index in [0.29, 0.717) is 11.6 Å². The highest BCUT2D eigenvalue weighted by molar-refractivity contribution is 6.30. The normalized spacial score (nSPS) is 24.6. The Hall–Kier alpha value is -1.10. The van der Waals surface area contributed by atoms with Crippen LogP contribution in [0.5, 0.6) is 0 Å². The molecule has 2 aliphatic rings. The molecule has 114 valence electrons. The van der Waals surface area contributed by atoms with Crippen LogP contribution in [-0.4, -0.2) is 50.2 Å². The number of nitrogens with zero attached hydrogens (tertiary/aromatic N) is 1. The second-order valence-electron chi connectivity index (χ2n) is 6.06. The molecule has 1 saturated heterocycles. The number of ether oxygens (including phenoxy) is 1. The quantitative estimate of drug-likeness (QED) is 0.922. The average molecular weight is 309 g/mol. The molecule has 0 spiro atoms. The molecule has 1 aromatic carbocycles. The van der Waals surface area contributed by atoms with Crippen LogP contribution in [0.4, 0.5) is 0 Å². The molecule has 0 radical (unpaired) electrons. The molecular weight excluding hydrogens is 288 g/mol. The first kappa shape index (κ1) is 14.8. The van der Waals surface area contributed by atoms with Gasteiger partial charge in [-0.15, -0.1) is 0 Å². The Bertz CT molecular complexity index is 531. The Morgan fingerprint density at radius 1 is 1.52 bits per heavy atom.